The predicted molar refractivity (Wildman–Crippen MR) is 67.3 cm³/mol. The molecule has 3 aromatic rings. The third-order valence-corrected chi connectivity index (χ3v) is 2.27. The van der Waals surface area contributed by atoms with E-state index in [9.17, 15) is 0 Å². The summed E-state index contributed by atoms with van der Waals surface area (Å²) in [6, 6.07) is 16.1. The van der Waals surface area contributed by atoms with E-state index in [0.717, 1.165) is 5.52 Å². The number of nitrogens with zero attached hydrogens (tertiary/aromatic N) is 1. The number of fused-ring (bicyclic) bond motifs is 1. The second kappa shape index (κ2) is 5.12. The van der Waals surface area contributed by atoms with Crippen molar-refractivity contribution in [2.75, 3.05) is 0 Å². The first-order chi connectivity index (χ1) is 7.86. The summed E-state index contributed by atoms with van der Waals surface area (Å²) >= 11 is 0. The van der Waals surface area contributed by atoms with Crippen LogP contribution >= 0.6 is 0 Å². The first kappa shape index (κ1) is 10.4. The van der Waals surface area contributed by atoms with Crippen LogP contribution in [0.1, 0.15) is 5.69 Å². The van der Waals surface area contributed by atoms with Gasteiger partial charge in [-0.3, -0.25) is 4.98 Å². The monoisotopic (exact) mass is 210 g/mol. The average molecular weight is 210 g/mol. The summed E-state index contributed by atoms with van der Waals surface area (Å²) in [5, 5.41) is 1.20. The molecule has 0 aliphatic heterocycles. The molecule has 0 aliphatic carbocycles. The van der Waals surface area contributed by atoms with Gasteiger partial charge in [-0.2, -0.15) is 0 Å². The number of hydrogen-bond donors (Lipinski definition) is 1. The van der Waals surface area contributed by atoms with Crippen molar-refractivity contribution in [3.8, 4) is 0 Å². The van der Waals surface area contributed by atoms with Gasteiger partial charge in [-0.1, -0.05) is 24.3 Å². The normalized spacial score (nSPS) is 9.56. The highest BCUT2D eigenvalue weighted by Gasteiger charge is 1.86. The number of pyridine rings is 1. The fourth-order valence-corrected chi connectivity index (χ4v) is 1.44. The second-order valence-corrected chi connectivity index (χ2v) is 3.55. The lowest BCUT2D eigenvalue weighted by atomic mass is 10.2. The Labute approximate surface area is 95.0 Å². The number of H-pyrrole nitrogens is 1. The van der Waals surface area contributed by atoms with Crippen LogP contribution < -0.4 is 0 Å². The van der Waals surface area contributed by atoms with Gasteiger partial charge in [-0.15, -0.1) is 0 Å². The van der Waals surface area contributed by atoms with Crippen LogP contribution in [0.15, 0.2) is 60.9 Å². The van der Waals surface area contributed by atoms with Gasteiger partial charge in [0.15, 0.2) is 0 Å². The Morgan fingerprint density at radius 1 is 0.938 bits per heavy atom. The quantitative estimate of drug-likeness (QED) is 0.604. The van der Waals surface area contributed by atoms with Gasteiger partial charge in [-0.05, 0) is 31.2 Å². The zero-order chi connectivity index (χ0) is 11.2. The molecule has 0 aliphatic rings. The molecule has 0 saturated heterocycles. The summed E-state index contributed by atoms with van der Waals surface area (Å²) in [5.41, 5.74) is 2.28. The van der Waals surface area contributed by atoms with Crippen molar-refractivity contribution in [1.82, 2.24) is 9.97 Å². The SMILES string of the molecule is Cc1ccc[nH]1.c1ccc2ncccc2c1. The Hall–Kier alpha value is -2.09. The number of rotatable bonds is 0. The van der Waals surface area contributed by atoms with Gasteiger partial charge in [0, 0.05) is 23.5 Å². The molecule has 0 saturated carbocycles. The lowest BCUT2D eigenvalue weighted by Gasteiger charge is -1.91. The van der Waals surface area contributed by atoms with Crippen molar-refractivity contribution >= 4 is 10.9 Å². The molecule has 16 heavy (non-hydrogen) atoms. The minimum Gasteiger partial charge on any atom is -0.365 e. The summed E-state index contributed by atoms with van der Waals surface area (Å²) in [6.45, 7) is 2.03. The second-order valence-electron chi connectivity index (χ2n) is 3.55. The third-order valence-electron chi connectivity index (χ3n) is 2.27. The average Bonchev–Trinajstić information content (AvgIpc) is 2.81. The fraction of sp³-hybridized carbons (Fsp3) is 0.0714. The first-order valence-corrected chi connectivity index (χ1v) is 5.26. The Balaban J connectivity index is 0.000000138. The lowest BCUT2D eigenvalue weighted by molar-refractivity contribution is 1.27. The van der Waals surface area contributed by atoms with Crippen LogP contribution in [0.4, 0.5) is 0 Å². The minimum atomic E-state index is 1.06. The summed E-state index contributed by atoms with van der Waals surface area (Å²) in [6.07, 6.45) is 3.72. The number of nitrogens with one attached hydrogen (secondary N) is 1. The maximum Gasteiger partial charge on any atom is 0.0701 e. The molecule has 0 radical (unpaired) electrons. The molecule has 2 heteroatoms. The molecule has 2 heterocycles. The van der Waals surface area contributed by atoms with Gasteiger partial charge in [0.05, 0.1) is 5.52 Å². The molecule has 0 fully saturated rings. The Morgan fingerprint density at radius 2 is 1.75 bits per heavy atom. The van der Waals surface area contributed by atoms with Gasteiger partial charge in [-0.25, -0.2) is 0 Å². The smallest absolute Gasteiger partial charge is 0.0701 e. The van der Waals surface area contributed by atoms with Crippen molar-refractivity contribution in [1.29, 1.82) is 0 Å². The molecule has 80 valence electrons. The molecule has 1 aromatic carbocycles. The fourth-order valence-electron chi connectivity index (χ4n) is 1.44. The van der Waals surface area contributed by atoms with E-state index in [2.05, 4.69) is 22.1 Å². The minimum absolute atomic E-state index is 1.06. The molecule has 0 spiro atoms. The Morgan fingerprint density at radius 3 is 2.38 bits per heavy atom. The first-order valence-electron chi connectivity index (χ1n) is 5.26. The van der Waals surface area contributed by atoms with Gasteiger partial charge in [0.25, 0.3) is 0 Å². The number of benzene rings is 1. The Bertz CT molecular complexity index is 476. The van der Waals surface area contributed by atoms with Crippen LogP contribution in [-0.2, 0) is 0 Å². The molecule has 3 rings (SSSR count). The number of hydrogen-bond acceptors (Lipinski definition) is 1. The zero-order valence-electron chi connectivity index (χ0n) is 9.22. The standard InChI is InChI=1S/C9H7N.C5H7N/c1-2-6-9-8(4-1)5-3-7-10-9;1-5-3-2-4-6-5/h1-7H;2-4,6H,1H3. The topological polar surface area (TPSA) is 28.7 Å². The summed E-state index contributed by atoms with van der Waals surface area (Å²) in [4.78, 5) is 7.18. The summed E-state index contributed by atoms with van der Waals surface area (Å²) < 4.78 is 0. The van der Waals surface area contributed by atoms with E-state index < -0.39 is 0 Å². The van der Waals surface area contributed by atoms with Gasteiger partial charge < -0.3 is 4.98 Å². The maximum absolute atomic E-state index is 4.18. The van der Waals surface area contributed by atoms with Crippen LogP contribution in [-0.4, -0.2) is 9.97 Å². The summed E-state index contributed by atoms with van der Waals surface area (Å²) in [7, 11) is 0. The molecule has 2 nitrogen and oxygen atoms in total. The van der Waals surface area contributed by atoms with Crippen LogP contribution in [0.25, 0.3) is 10.9 Å². The molecule has 0 atom stereocenters. The van der Waals surface area contributed by atoms with Crippen molar-refractivity contribution in [3.63, 3.8) is 0 Å². The molecule has 0 amide bonds. The summed E-state index contributed by atoms with van der Waals surface area (Å²) in [5.74, 6) is 0. The van der Waals surface area contributed by atoms with Crippen LogP contribution in [0.5, 0.6) is 0 Å². The van der Waals surface area contributed by atoms with Gasteiger partial charge in [0.1, 0.15) is 0 Å². The predicted octanol–water partition coefficient (Wildman–Crippen LogP) is 3.56. The van der Waals surface area contributed by atoms with Crippen LogP contribution in [0.3, 0.4) is 0 Å². The van der Waals surface area contributed by atoms with Crippen LogP contribution in [0, 0.1) is 6.92 Å². The molecule has 0 unspecified atom stereocenters. The number of aromatic amines is 1. The van der Waals surface area contributed by atoms with E-state index in [-0.39, 0.29) is 0 Å². The molecule has 2 aromatic heterocycles. The molecular weight excluding hydrogens is 196 g/mol. The van der Waals surface area contributed by atoms with Gasteiger partial charge >= 0.3 is 0 Å². The lowest BCUT2D eigenvalue weighted by Crippen LogP contribution is -1.73. The van der Waals surface area contributed by atoms with Crippen molar-refractivity contribution < 1.29 is 0 Å². The molecular formula is C14H14N2. The molecule has 0 bridgehead atoms. The third kappa shape index (κ3) is 2.70. The highest BCUT2D eigenvalue weighted by Crippen LogP contribution is 2.07. The number of aromatic nitrogens is 2. The van der Waals surface area contributed by atoms with Crippen molar-refractivity contribution in [2.45, 2.75) is 6.92 Å². The van der Waals surface area contributed by atoms with E-state index in [4.69, 9.17) is 0 Å². The van der Waals surface area contributed by atoms with Crippen molar-refractivity contribution in [3.05, 3.63) is 66.6 Å². The number of para-hydroxylation sites is 1. The zero-order valence-corrected chi connectivity index (χ0v) is 9.22. The largest absolute Gasteiger partial charge is 0.365 e. The number of aryl methyl sites for hydroxylation is 1. The highest BCUT2D eigenvalue weighted by atomic mass is 14.7. The van der Waals surface area contributed by atoms with E-state index >= 15 is 0 Å². The van der Waals surface area contributed by atoms with Gasteiger partial charge in [0.2, 0.25) is 0 Å². The van der Waals surface area contributed by atoms with E-state index in [1.54, 1.807) is 0 Å². The van der Waals surface area contributed by atoms with E-state index in [0.29, 0.717) is 0 Å². The van der Waals surface area contributed by atoms with Crippen molar-refractivity contribution in [2.24, 2.45) is 0 Å². The maximum atomic E-state index is 4.18. The van der Waals surface area contributed by atoms with Crippen LogP contribution in [0.2, 0.25) is 0 Å². The highest BCUT2D eigenvalue weighted by molar-refractivity contribution is 5.77. The van der Waals surface area contributed by atoms with E-state index in [1.165, 1.54) is 11.1 Å². The Kier molecular flexibility index (Phi) is 3.34. The van der Waals surface area contributed by atoms with E-state index in [1.807, 2.05) is 55.7 Å². The molecule has 1 N–H and O–H groups in total.